The highest BCUT2D eigenvalue weighted by molar-refractivity contribution is 5.92. The Morgan fingerprint density at radius 3 is 2.17 bits per heavy atom. The van der Waals surface area contributed by atoms with E-state index in [-0.39, 0.29) is 23.8 Å². The number of rotatable bonds is 7. The number of benzene rings is 1. The van der Waals surface area contributed by atoms with Crippen molar-refractivity contribution in [2.24, 2.45) is 5.92 Å². The average molecular weight is 411 g/mol. The first kappa shape index (κ1) is 22.7. The molecule has 1 heterocycles. The predicted molar refractivity (Wildman–Crippen MR) is 102 cm³/mol. The third kappa shape index (κ3) is 6.77. The summed E-state index contributed by atoms with van der Waals surface area (Å²) < 4.78 is 31.7. The Kier molecular flexibility index (Phi) is 8.07. The number of ether oxygens (including phenoxy) is 1. The first-order valence-corrected chi connectivity index (χ1v) is 9.58. The van der Waals surface area contributed by atoms with Crippen LogP contribution in [-0.2, 0) is 25.5 Å². The van der Waals surface area contributed by atoms with Crippen molar-refractivity contribution in [1.82, 2.24) is 15.5 Å². The van der Waals surface area contributed by atoms with E-state index in [0.717, 1.165) is 18.2 Å². The second-order valence-electron chi connectivity index (χ2n) is 7.41. The lowest BCUT2D eigenvalue weighted by Gasteiger charge is -2.32. The molecule has 1 fully saturated rings. The number of halogens is 2. The molecule has 1 aliphatic rings. The van der Waals surface area contributed by atoms with Crippen LogP contribution in [0.15, 0.2) is 18.2 Å². The van der Waals surface area contributed by atoms with Crippen molar-refractivity contribution in [3.63, 3.8) is 0 Å². The number of amides is 3. The molecule has 0 bridgehead atoms. The van der Waals surface area contributed by atoms with Gasteiger partial charge in [-0.2, -0.15) is 0 Å². The molecule has 29 heavy (non-hydrogen) atoms. The molecule has 2 N–H and O–H groups in total. The lowest BCUT2D eigenvalue weighted by atomic mass is 10.0. The Hall–Kier alpha value is -2.55. The summed E-state index contributed by atoms with van der Waals surface area (Å²) in [5.41, 5.74) is 0.162. The molecule has 1 aromatic carbocycles. The molecular formula is C20H27F2N3O4. The van der Waals surface area contributed by atoms with Crippen LogP contribution in [0.4, 0.5) is 8.78 Å². The van der Waals surface area contributed by atoms with Crippen molar-refractivity contribution >= 4 is 17.7 Å². The van der Waals surface area contributed by atoms with Crippen LogP contribution in [0.5, 0.6) is 0 Å². The molecule has 9 heteroatoms. The van der Waals surface area contributed by atoms with Gasteiger partial charge in [-0.3, -0.25) is 14.4 Å². The molecule has 1 aliphatic heterocycles. The van der Waals surface area contributed by atoms with Crippen LogP contribution in [0.25, 0.3) is 0 Å². The highest BCUT2D eigenvalue weighted by atomic mass is 19.1. The molecule has 0 spiro atoms. The maximum absolute atomic E-state index is 13.2. The van der Waals surface area contributed by atoms with Crippen molar-refractivity contribution < 1.29 is 27.9 Å². The van der Waals surface area contributed by atoms with Gasteiger partial charge in [-0.15, -0.1) is 0 Å². The number of nitrogens with zero attached hydrogens (tertiary/aromatic N) is 1. The quantitative estimate of drug-likeness (QED) is 0.701. The number of morpholine rings is 1. The fourth-order valence-corrected chi connectivity index (χ4v) is 3.03. The number of hydrogen-bond acceptors (Lipinski definition) is 4. The second kappa shape index (κ2) is 10.3. The van der Waals surface area contributed by atoms with Gasteiger partial charge in [0.1, 0.15) is 23.7 Å². The SMILES string of the molecule is CC(C)[C@H](NC(=O)[C@H](C)NC(=O)Cc1cc(F)cc(F)c1)C(=O)N1CCOCC1. The smallest absolute Gasteiger partial charge is 0.245 e. The van der Waals surface area contributed by atoms with Crippen molar-refractivity contribution in [1.29, 1.82) is 0 Å². The fraction of sp³-hybridized carbons (Fsp3) is 0.550. The van der Waals surface area contributed by atoms with Gasteiger partial charge in [0.05, 0.1) is 19.6 Å². The minimum Gasteiger partial charge on any atom is -0.378 e. The Labute approximate surface area is 168 Å². The van der Waals surface area contributed by atoms with Crippen molar-refractivity contribution in [2.75, 3.05) is 26.3 Å². The minimum atomic E-state index is -0.917. The standard InChI is InChI=1S/C20H27F2N3O4/c1-12(2)18(20(28)25-4-6-29-7-5-25)24-19(27)13(3)23-17(26)10-14-8-15(21)11-16(22)9-14/h8-9,11-13,18H,4-7,10H2,1-3H3,(H,23,26)(H,24,27)/t13-,18-/m0/s1. The van der Waals surface area contributed by atoms with E-state index in [1.807, 2.05) is 13.8 Å². The lowest BCUT2D eigenvalue weighted by Crippen LogP contribution is -2.57. The van der Waals surface area contributed by atoms with Crippen LogP contribution >= 0.6 is 0 Å². The van der Waals surface area contributed by atoms with Crippen LogP contribution in [-0.4, -0.2) is 61.0 Å². The molecule has 0 unspecified atom stereocenters. The van der Waals surface area contributed by atoms with E-state index >= 15 is 0 Å². The van der Waals surface area contributed by atoms with Gasteiger partial charge in [0.15, 0.2) is 0 Å². The second-order valence-corrected chi connectivity index (χ2v) is 7.41. The summed E-state index contributed by atoms with van der Waals surface area (Å²) in [5.74, 6) is -2.96. The molecule has 7 nitrogen and oxygen atoms in total. The Balaban J connectivity index is 1.93. The summed E-state index contributed by atoms with van der Waals surface area (Å²) in [6, 6.07) is 1.19. The van der Waals surface area contributed by atoms with Crippen molar-refractivity contribution in [2.45, 2.75) is 39.3 Å². The highest BCUT2D eigenvalue weighted by Gasteiger charge is 2.31. The normalized spacial score (nSPS) is 16.3. The Bertz CT molecular complexity index is 731. The summed E-state index contributed by atoms with van der Waals surface area (Å²) in [5, 5.41) is 5.18. The first-order chi connectivity index (χ1) is 13.7. The predicted octanol–water partition coefficient (Wildman–Crippen LogP) is 1.01. The monoisotopic (exact) mass is 411 g/mol. The molecule has 3 amide bonds. The fourth-order valence-electron chi connectivity index (χ4n) is 3.03. The van der Waals surface area contributed by atoms with Gasteiger partial charge in [-0.05, 0) is 30.5 Å². The van der Waals surface area contributed by atoms with Gasteiger partial charge < -0.3 is 20.3 Å². The zero-order chi connectivity index (χ0) is 21.6. The number of carbonyl (C=O) groups excluding carboxylic acids is 3. The zero-order valence-electron chi connectivity index (χ0n) is 16.8. The van der Waals surface area contributed by atoms with E-state index in [4.69, 9.17) is 4.74 Å². The summed E-state index contributed by atoms with van der Waals surface area (Å²) in [6.07, 6.45) is -0.271. The average Bonchev–Trinajstić information content (AvgIpc) is 2.64. The van der Waals surface area contributed by atoms with Gasteiger partial charge in [-0.25, -0.2) is 8.78 Å². The van der Waals surface area contributed by atoms with E-state index in [0.29, 0.717) is 26.3 Å². The molecule has 0 aliphatic carbocycles. The van der Waals surface area contributed by atoms with Crippen LogP contribution in [0, 0.1) is 17.6 Å². The summed E-state index contributed by atoms with van der Waals surface area (Å²) in [7, 11) is 0. The first-order valence-electron chi connectivity index (χ1n) is 9.58. The molecule has 0 aromatic heterocycles. The molecule has 2 rings (SSSR count). The van der Waals surface area contributed by atoms with Gasteiger partial charge in [0.2, 0.25) is 17.7 Å². The minimum absolute atomic E-state index is 0.146. The van der Waals surface area contributed by atoms with Gasteiger partial charge >= 0.3 is 0 Å². The lowest BCUT2D eigenvalue weighted by molar-refractivity contribution is -0.141. The summed E-state index contributed by atoms with van der Waals surface area (Å²) in [4.78, 5) is 39.0. The van der Waals surface area contributed by atoms with Gasteiger partial charge in [0, 0.05) is 19.2 Å². The van der Waals surface area contributed by atoms with Crippen molar-refractivity contribution in [3.05, 3.63) is 35.4 Å². The van der Waals surface area contributed by atoms with Crippen LogP contribution < -0.4 is 10.6 Å². The van der Waals surface area contributed by atoms with E-state index in [9.17, 15) is 23.2 Å². The molecular weight excluding hydrogens is 384 g/mol. The van der Waals surface area contributed by atoms with Crippen LogP contribution in [0.3, 0.4) is 0 Å². The maximum atomic E-state index is 13.2. The Morgan fingerprint density at radius 2 is 1.62 bits per heavy atom. The van der Waals surface area contributed by atoms with Crippen LogP contribution in [0.1, 0.15) is 26.3 Å². The van der Waals surface area contributed by atoms with E-state index < -0.39 is 35.5 Å². The van der Waals surface area contributed by atoms with Gasteiger partial charge in [0.25, 0.3) is 0 Å². The molecule has 0 saturated carbocycles. The number of hydrogen-bond donors (Lipinski definition) is 2. The topological polar surface area (TPSA) is 87.7 Å². The summed E-state index contributed by atoms with van der Waals surface area (Å²) in [6.45, 7) is 6.98. The number of carbonyl (C=O) groups is 3. The molecule has 0 radical (unpaired) electrons. The van der Waals surface area contributed by atoms with Crippen molar-refractivity contribution in [3.8, 4) is 0 Å². The largest absolute Gasteiger partial charge is 0.378 e. The third-order valence-electron chi connectivity index (χ3n) is 4.61. The van der Waals surface area contributed by atoms with Gasteiger partial charge in [-0.1, -0.05) is 13.8 Å². The maximum Gasteiger partial charge on any atom is 0.245 e. The zero-order valence-corrected chi connectivity index (χ0v) is 16.8. The molecule has 1 saturated heterocycles. The number of nitrogens with one attached hydrogen (secondary N) is 2. The molecule has 160 valence electrons. The van der Waals surface area contributed by atoms with E-state index in [1.165, 1.54) is 6.92 Å². The molecule has 2 atom stereocenters. The Morgan fingerprint density at radius 1 is 1.03 bits per heavy atom. The van der Waals surface area contributed by atoms with E-state index in [2.05, 4.69) is 10.6 Å². The summed E-state index contributed by atoms with van der Waals surface area (Å²) >= 11 is 0. The molecule has 1 aromatic rings. The van der Waals surface area contributed by atoms with Crippen LogP contribution in [0.2, 0.25) is 0 Å². The van der Waals surface area contributed by atoms with E-state index in [1.54, 1.807) is 4.90 Å². The third-order valence-corrected chi connectivity index (χ3v) is 4.61. The highest BCUT2D eigenvalue weighted by Crippen LogP contribution is 2.10.